The summed E-state index contributed by atoms with van der Waals surface area (Å²) in [5.41, 5.74) is 5.81. The predicted molar refractivity (Wildman–Crippen MR) is 126 cm³/mol. The molecule has 1 aliphatic carbocycles. The number of carbonyl (C=O) groups excluding carboxylic acids is 1. The molecule has 0 aromatic heterocycles. The van der Waals surface area contributed by atoms with Gasteiger partial charge in [-0.25, -0.2) is 4.79 Å². The number of alkyl carbamates (subject to hydrolysis) is 1. The van der Waals surface area contributed by atoms with E-state index in [4.69, 9.17) is 16.3 Å². The fraction of sp³-hybridized carbons (Fsp3) is 0.160. The van der Waals surface area contributed by atoms with E-state index in [2.05, 4.69) is 45.5 Å². The zero-order chi connectivity index (χ0) is 20.9. The van der Waals surface area contributed by atoms with Gasteiger partial charge in [0.05, 0.1) is 0 Å². The first kappa shape index (κ1) is 20.7. The van der Waals surface area contributed by atoms with Gasteiger partial charge in [-0.3, -0.25) is 0 Å². The van der Waals surface area contributed by atoms with Crippen LogP contribution in [0.15, 0.2) is 77.3 Å². The first-order chi connectivity index (χ1) is 14.6. The molecule has 3 nitrogen and oxygen atoms in total. The van der Waals surface area contributed by atoms with Crippen molar-refractivity contribution in [1.29, 1.82) is 0 Å². The summed E-state index contributed by atoms with van der Waals surface area (Å²) in [6, 6.07) is 22.4. The Bertz CT molecular complexity index is 1050. The number of carbonyl (C=O) groups is 1. The van der Waals surface area contributed by atoms with E-state index in [0.717, 1.165) is 10.0 Å². The number of halogens is 2. The van der Waals surface area contributed by atoms with Crippen LogP contribution in [-0.4, -0.2) is 19.2 Å². The molecule has 3 aromatic rings. The van der Waals surface area contributed by atoms with Crippen molar-refractivity contribution in [2.45, 2.75) is 12.3 Å². The monoisotopic (exact) mass is 481 g/mol. The maximum atomic E-state index is 12.2. The SMILES string of the molecule is O=C(NCCC=Cc1ccc(Br)cc1Cl)OCC1c2ccccc2-c2ccccc21. The van der Waals surface area contributed by atoms with E-state index in [-0.39, 0.29) is 5.92 Å². The summed E-state index contributed by atoms with van der Waals surface area (Å²) < 4.78 is 6.48. The Morgan fingerprint density at radius 2 is 1.70 bits per heavy atom. The number of fused-ring (bicyclic) bond motifs is 3. The summed E-state index contributed by atoms with van der Waals surface area (Å²) in [6.07, 6.45) is 4.23. The molecule has 1 N–H and O–H groups in total. The Balaban J connectivity index is 1.28. The highest BCUT2D eigenvalue weighted by Gasteiger charge is 2.28. The van der Waals surface area contributed by atoms with Gasteiger partial charge >= 0.3 is 6.09 Å². The van der Waals surface area contributed by atoms with Crippen molar-refractivity contribution in [3.63, 3.8) is 0 Å². The summed E-state index contributed by atoms with van der Waals surface area (Å²) in [5.74, 6) is 0.0718. The van der Waals surface area contributed by atoms with Gasteiger partial charge in [0.15, 0.2) is 0 Å². The first-order valence-electron chi connectivity index (χ1n) is 9.84. The molecular weight excluding hydrogens is 462 g/mol. The van der Waals surface area contributed by atoms with Gasteiger partial charge in [-0.05, 0) is 46.4 Å². The van der Waals surface area contributed by atoms with Crippen molar-refractivity contribution in [2.75, 3.05) is 13.2 Å². The van der Waals surface area contributed by atoms with Crippen molar-refractivity contribution in [1.82, 2.24) is 5.32 Å². The number of benzene rings is 3. The van der Waals surface area contributed by atoms with Crippen LogP contribution >= 0.6 is 27.5 Å². The zero-order valence-electron chi connectivity index (χ0n) is 16.3. The lowest BCUT2D eigenvalue weighted by molar-refractivity contribution is 0.143. The lowest BCUT2D eigenvalue weighted by Gasteiger charge is -2.14. The van der Waals surface area contributed by atoms with Gasteiger partial charge in [0.25, 0.3) is 0 Å². The third kappa shape index (κ3) is 4.61. The molecule has 0 saturated carbocycles. The Morgan fingerprint density at radius 3 is 2.37 bits per heavy atom. The number of amides is 1. The van der Waals surface area contributed by atoms with Gasteiger partial charge in [-0.15, -0.1) is 0 Å². The van der Waals surface area contributed by atoms with Crippen LogP contribution in [0, 0.1) is 0 Å². The van der Waals surface area contributed by atoms with E-state index in [1.54, 1.807) is 0 Å². The highest BCUT2D eigenvalue weighted by molar-refractivity contribution is 9.10. The molecule has 0 fully saturated rings. The lowest BCUT2D eigenvalue weighted by Crippen LogP contribution is -2.26. The molecule has 0 unspecified atom stereocenters. The summed E-state index contributed by atoms with van der Waals surface area (Å²) in [7, 11) is 0. The minimum Gasteiger partial charge on any atom is -0.449 e. The highest BCUT2D eigenvalue weighted by atomic mass is 79.9. The summed E-state index contributed by atoms with van der Waals surface area (Å²) in [6.45, 7) is 0.825. The molecule has 152 valence electrons. The average molecular weight is 483 g/mol. The minimum absolute atomic E-state index is 0.0718. The van der Waals surface area contributed by atoms with Gasteiger partial charge in [0, 0.05) is 22.0 Å². The van der Waals surface area contributed by atoms with E-state index in [9.17, 15) is 4.79 Å². The molecule has 0 atom stereocenters. The van der Waals surface area contributed by atoms with Crippen LogP contribution in [0.3, 0.4) is 0 Å². The topological polar surface area (TPSA) is 38.3 Å². The van der Waals surface area contributed by atoms with E-state index in [1.165, 1.54) is 22.3 Å². The molecule has 5 heteroatoms. The van der Waals surface area contributed by atoms with Gasteiger partial charge in [-0.1, -0.05) is 94.3 Å². The van der Waals surface area contributed by atoms with Crippen LogP contribution in [0.5, 0.6) is 0 Å². The van der Waals surface area contributed by atoms with Gasteiger partial charge < -0.3 is 10.1 Å². The first-order valence-corrected chi connectivity index (χ1v) is 11.0. The standard InChI is InChI=1S/C25H21BrClNO2/c26-18-13-12-17(24(27)15-18)7-5-6-14-28-25(29)30-16-23-21-10-3-1-8-19(21)20-9-2-4-11-22(20)23/h1-5,7-13,15,23H,6,14,16H2,(H,28,29). The number of hydrogen-bond donors (Lipinski definition) is 1. The largest absolute Gasteiger partial charge is 0.449 e. The third-order valence-electron chi connectivity index (χ3n) is 5.18. The Labute approximate surface area is 189 Å². The molecule has 0 radical (unpaired) electrons. The van der Waals surface area contributed by atoms with E-state index >= 15 is 0 Å². The van der Waals surface area contributed by atoms with Crippen molar-refractivity contribution in [2.24, 2.45) is 0 Å². The van der Waals surface area contributed by atoms with Crippen molar-refractivity contribution in [3.05, 3.63) is 99.0 Å². The smallest absolute Gasteiger partial charge is 0.407 e. The maximum Gasteiger partial charge on any atom is 0.407 e. The van der Waals surface area contributed by atoms with Crippen molar-refractivity contribution >= 4 is 39.7 Å². The second-order valence-corrected chi connectivity index (χ2v) is 8.43. The maximum absolute atomic E-state index is 12.2. The van der Waals surface area contributed by atoms with Crippen LogP contribution in [0.25, 0.3) is 17.2 Å². The number of rotatable bonds is 6. The second-order valence-electron chi connectivity index (χ2n) is 7.11. The molecular formula is C25H21BrClNO2. The van der Waals surface area contributed by atoms with Crippen molar-refractivity contribution in [3.8, 4) is 11.1 Å². The summed E-state index contributed by atoms with van der Waals surface area (Å²) in [4.78, 5) is 12.2. The molecule has 1 aliphatic rings. The molecule has 0 spiro atoms. The summed E-state index contributed by atoms with van der Waals surface area (Å²) >= 11 is 9.59. The molecule has 0 heterocycles. The van der Waals surface area contributed by atoms with Crippen LogP contribution in [-0.2, 0) is 4.74 Å². The fourth-order valence-electron chi connectivity index (χ4n) is 3.75. The lowest BCUT2D eigenvalue weighted by atomic mass is 9.98. The number of nitrogens with one attached hydrogen (secondary N) is 1. The van der Waals surface area contributed by atoms with Gasteiger partial charge in [0.2, 0.25) is 0 Å². The Kier molecular flexibility index (Phi) is 6.56. The predicted octanol–water partition coefficient (Wildman–Crippen LogP) is 7.04. The van der Waals surface area contributed by atoms with Crippen LogP contribution in [0.1, 0.15) is 29.0 Å². The quantitative estimate of drug-likeness (QED) is 0.382. The fourth-order valence-corrected chi connectivity index (χ4v) is 4.49. The van der Waals surface area contributed by atoms with Gasteiger partial charge in [-0.2, -0.15) is 0 Å². The number of hydrogen-bond acceptors (Lipinski definition) is 2. The molecule has 0 bridgehead atoms. The van der Waals surface area contributed by atoms with Crippen LogP contribution in [0.4, 0.5) is 4.79 Å². The van der Waals surface area contributed by atoms with Gasteiger partial charge in [0.1, 0.15) is 6.61 Å². The molecule has 30 heavy (non-hydrogen) atoms. The summed E-state index contributed by atoms with van der Waals surface area (Å²) in [5, 5.41) is 3.50. The Hall–Kier alpha value is -2.56. The normalized spacial score (nSPS) is 12.6. The van der Waals surface area contributed by atoms with Crippen LogP contribution in [0.2, 0.25) is 5.02 Å². The number of ether oxygens (including phenoxy) is 1. The highest BCUT2D eigenvalue weighted by Crippen LogP contribution is 2.44. The molecule has 3 aromatic carbocycles. The molecule has 1 amide bonds. The zero-order valence-corrected chi connectivity index (χ0v) is 18.6. The second kappa shape index (κ2) is 9.50. The third-order valence-corrected chi connectivity index (χ3v) is 6.00. The Morgan fingerprint density at radius 1 is 1.03 bits per heavy atom. The molecule has 4 rings (SSSR count). The van der Waals surface area contributed by atoms with E-state index in [0.29, 0.717) is 24.6 Å². The minimum atomic E-state index is -0.396. The average Bonchev–Trinajstić information content (AvgIpc) is 3.07. The van der Waals surface area contributed by atoms with E-state index < -0.39 is 6.09 Å². The van der Waals surface area contributed by atoms with E-state index in [1.807, 2.05) is 54.6 Å². The van der Waals surface area contributed by atoms with Crippen LogP contribution < -0.4 is 5.32 Å². The van der Waals surface area contributed by atoms with Crippen molar-refractivity contribution < 1.29 is 9.53 Å². The molecule has 0 saturated heterocycles. The molecule has 0 aliphatic heterocycles.